The highest BCUT2D eigenvalue weighted by Gasteiger charge is 2.62. The Bertz CT molecular complexity index is 560. The van der Waals surface area contributed by atoms with Crippen LogP contribution < -0.4 is 0 Å². The SMILES string of the molecule is C=C(C)C(=O)OCC(=O)OC1(CC(C)C)C2CC3CC1CC(C)(C3)C2. The van der Waals surface area contributed by atoms with Crippen LogP contribution in [0.2, 0.25) is 0 Å². The monoisotopic (exact) mass is 348 g/mol. The van der Waals surface area contributed by atoms with Gasteiger partial charge in [-0.2, -0.15) is 0 Å². The number of rotatable bonds is 6. The quantitative estimate of drug-likeness (QED) is 0.531. The molecule has 2 unspecified atom stereocenters. The number of hydrogen-bond acceptors (Lipinski definition) is 4. The summed E-state index contributed by atoms with van der Waals surface area (Å²) in [5.41, 5.74) is 0.361. The Morgan fingerprint density at radius 1 is 1.16 bits per heavy atom. The Morgan fingerprint density at radius 3 is 2.24 bits per heavy atom. The van der Waals surface area contributed by atoms with Crippen molar-refractivity contribution in [3.8, 4) is 0 Å². The highest BCUT2D eigenvalue weighted by Crippen LogP contribution is 2.65. The molecule has 0 spiro atoms. The largest absolute Gasteiger partial charge is 0.456 e. The molecule has 4 nitrogen and oxygen atoms in total. The zero-order chi connectivity index (χ0) is 18.4. The van der Waals surface area contributed by atoms with Gasteiger partial charge >= 0.3 is 11.9 Å². The number of carbonyl (C=O) groups is 2. The lowest BCUT2D eigenvalue weighted by molar-refractivity contribution is -0.230. The van der Waals surface area contributed by atoms with Gasteiger partial charge in [-0.05, 0) is 74.5 Å². The van der Waals surface area contributed by atoms with Crippen molar-refractivity contribution in [2.75, 3.05) is 6.61 Å². The summed E-state index contributed by atoms with van der Waals surface area (Å²) in [6.07, 6.45) is 6.92. The van der Waals surface area contributed by atoms with Crippen LogP contribution in [0, 0.1) is 29.1 Å². The maximum Gasteiger partial charge on any atom is 0.344 e. The summed E-state index contributed by atoms with van der Waals surface area (Å²) in [6, 6.07) is 0. The third-order valence-electron chi connectivity index (χ3n) is 6.58. The van der Waals surface area contributed by atoms with Crippen LogP contribution in [0.15, 0.2) is 12.2 Å². The summed E-state index contributed by atoms with van der Waals surface area (Å²) < 4.78 is 11.2. The summed E-state index contributed by atoms with van der Waals surface area (Å²) in [4.78, 5) is 24.1. The minimum Gasteiger partial charge on any atom is -0.456 e. The fraction of sp³-hybridized carbons (Fsp3) is 0.810. The fourth-order valence-electron chi connectivity index (χ4n) is 6.12. The van der Waals surface area contributed by atoms with E-state index in [4.69, 9.17) is 9.47 Å². The van der Waals surface area contributed by atoms with E-state index in [-0.39, 0.29) is 12.2 Å². The van der Waals surface area contributed by atoms with E-state index in [0.717, 1.165) is 25.2 Å². The van der Waals surface area contributed by atoms with E-state index in [2.05, 4.69) is 27.4 Å². The van der Waals surface area contributed by atoms with Gasteiger partial charge in [-0.3, -0.25) is 0 Å². The zero-order valence-electron chi connectivity index (χ0n) is 16.1. The molecule has 25 heavy (non-hydrogen) atoms. The van der Waals surface area contributed by atoms with Crippen LogP contribution in [-0.2, 0) is 19.1 Å². The van der Waals surface area contributed by atoms with Gasteiger partial charge in [0.25, 0.3) is 0 Å². The Balaban J connectivity index is 1.75. The molecular weight excluding hydrogens is 316 g/mol. The Hall–Kier alpha value is -1.32. The minimum atomic E-state index is -0.535. The third kappa shape index (κ3) is 3.50. The molecule has 2 atom stereocenters. The molecule has 0 aliphatic heterocycles. The Labute approximate surface area is 151 Å². The highest BCUT2D eigenvalue weighted by atomic mass is 16.6. The maximum atomic E-state index is 12.5. The lowest BCUT2D eigenvalue weighted by Crippen LogP contribution is -2.62. The van der Waals surface area contributed by atoms with Gasteiger partial charge in [-0.25, -0.2) is 9.59 Å². The molecule has 0 aromatic heterocycles. The van der Waals surface area contributed by atoms with Gasteiger partial charge in [0.2, 0.25) is 0 Å². The predicted molar refractivity (Wildman–Crippen MR) is 95.7 cm³/mol. The van der Waals surface area contributed by atoms with Gasteiger partial charge in [0.1, 0.15) is 5.60 Å². The van der Waals surface area contributed by atoms with Crippen molar-refractivity contribution in [1.82, 2.24) is 0 Å². The van der Waals surface area contributed by atoms with Crippen molar-refractivity contribution in [1.29, 1.82) is 0 Å². The van der Waals surface area contributed by atoms with E-state index >= 15 is 0 Å². The molecular formula is C21H32O4. The molecule has 0 N–H and O–H groups in total. The first-order chi connectivity index (χ1) is 11.6. The molecule has 0 aromatic rings. The van der Waals surface area contributed by atoms with E-state index in [1.807, 2.05) is 0 Å². The summed E-state index contributed by atoms with van der Waals surface area (Å²) in [5, 5.41) is 0. The summed E-state index contributed by atoms with van der Waals surface area (Å²) in [7, 11) is 0. The topological polar surface area (TPSA) is 52.6 Å². The van der Waals surface area contributed by atoms with Crippen LogP contribution >= 0.6 is 0 Å². The molecule has 4 bridgehead atoms. The molecule has 4 fully saturated rings. The molecule has 0 heterocycles. The number of carbonyl (C=O) groups excluding carboxylic acids is 2. The van der Waals surface area contributed by atoms with E-state index in [1.54, 1.807) is 6.92 Å². The second-order valence-corrected chi connectivity index (χ2v) is 9.54. The Morgan fingerprint density at radius 2 is 1.76 bits per heavy atom. The van der Waals surface area contributed by atoms with Crippen LogP contribution in [0.3, 0.4) is 0 Å². The predicted octanol–water partition coefficient (Wildman–Crippen LogP) is 4.28. The molecule has 4 saturated carbocycles. The van der Waals surface area contributed by atoms with Crippen molar-refractivity contribution >= 4 is 11.9 Å². The normalized spacial score (nSPS) is 38.7. The van der Waals surface area contributed by atoms with Crippen LogP contribution in [0.25, 0.3) is 0 Å². The molecule has 4 aliphatic rings. The molecule has 0 saturated heterocycles. The van der Waals surface area contributed by atoms with E-state index in [0.29, 0.717) is 28.7 Å². The summed E-state index contributed by atoms with van der Waals surface area (Å²) in [6.45, 7) is 11.6. The molecule has 4 rings (SSSR count). The first-order valence-electron chi connectivity index (χ1n) is 9.68. The minimum absolute atomic E-state index is 0.298. The summed E-state index contributed by atoms with van der Waals surface area (Å²) in [5.74, 6) is 1.22. The molecule has 0 aromatic carbocycles. The smallest absolute Gasteiger partial charge is 0.344 e. The van der Waals surface area contributed by atoms with E-state index in [1.165, 1.54) is 19.3 Å². The van der Waals surface area contributed by atoms with Gasteiger partial charge in [0.05, 0.1) is 0 Å². The van der Waals surface area contributed by atoms with Gasteiger partial charge < -0.3 is 9.47 Å². The standard InChI is InChI=1S/C21H32O4/c1-13(2)8-21(25-18(22)12-24-19(23)14(3)4)16-6-15-7-17(21)11-20(5,9-15)10-16/h13,15-17H,3,6-12H2,1-2,4-5H3. The van der Waals surface area contributed by atoms with Crippen molar-refractivity contribution < 1.29 is 19.1 Å². The average Bonchev–Trinajstić information content (AvgIpc) is 2.47. The first kappa shape index (κ1) is 18.5. The van der Waals surface area contributed by atoms with Crippen LogP contribution in [0.1, 0.15) is 66.2 Å². The number of ether oxygens (including phenoxy) is 2. The average molecular weight is 348 g/mol. The van der Waals surface area contributed by atoms with Gasteiger partial charge in [-0.1, -0.05) is 27.4 Å². The fourth-order valence-corrected chi connectivity index (χ4v) is 6.12. The van der Waals surface area contributed by atoms with Gasteiger partial charge in [0.15, 0.2) is 6.61 Å². The molecule has 4 heteroatoms. The third-order valence-corrected chi connectivity index (χ3v) is 6.58. The second kappa shape index (κ2) is 6.44. The maximum absolute atomic E-state index is 12.5. The van der Waals surface area contributed by atoms with Gasteiger partial charge in [0, 0.05) is 5.57 Å². The molecule has 0 amide bonds. The van der Waals surface area contributed by atoms with E-state index in [9.17, 15) is 9.59 Å². The second-order valence-electron chi connectivity index (χ2n) is 9.54. The highest BCUT2D eigenvalue weighted by molar-refractivity contribution is 5.88. The molecule has 140 valence electrons. The zero-order valence-corrected chi connectivity index (χ0v) is 16.1. The van der Waals surface area contributed by atoms with Crippen molar-refractivity contribution in [2.24, 2.45) is 29.1 Å². The van der Waals surface area contributed by atoms with Crippen molar-refractivity contribution in [3.63, 3.8) is 0 Å². The molecule has 4 aliphatic carbocycles. The lowest BCUT2D eigenvalue weighted by Gasteiger charge is -2.64. The van der Waals surface area contributed by atoms with Crippen LogP contribution in [-0.4, -0.2) is 24.1 Å². The molecule has 0 radical (unpaired) electrons. The number of esters is 2. The summed E-state index contributed by atoms with van der Waals surface area (Å²) >= 11 is 0. The van der Waals surface area contributed by atoms with Crippen molar-refractivity contribution in [2.45, 2.75) is 71.8 Å². The lowest BCUT2D eigenvalue weighted by atomic mass is 9.44. The first-order valence-corrected chi connectivity index (χ1v) is 9.68. The van der Waals surface area contributed by atoms with Crippen molar-refractivity contribution in [3.05, 3.63) is 12.2 Å². The van der Waals surface area contributed by atoms with Crippen LogP contribution in [0.5, 0.6) is 0 Å². The number of hydrogen-bond donors (Lipinski definition) is 0. The van der Waals surface area contributed by atoms with E-state index < -0.39 is 11.9 Å². The van der Waals surface area contributed by atoms with Gasteiger partial charge in [-0.15, -0.1) is 0 Å². The Kier molecular flexibility index (Phi) is 4.76. The van der Waals surface area contributed by atoms with Crippen LogP contribution in [0.4, 0.5) is 0 Å².